The number of ether oxygens (including phenoxy) is 1. The lowest BCUT2D eigenvalue weighted by Crippen LogP contribution is -2.23. The van der Waals surface area contributed by atoms with Gasteiger partial charge in [0.1, 0.15) is 29.1 Å². The number of halogens is 1. The third-order valence-corrected chi connectivity index (χ3v) is 5.58. The smallest absolute Gasteiger partial charge is 0.278 e. The van der Waals surface area contributed by atoms with E-state index in [0.717, 1.165) is 22.9 Å². The van der Waals surface area contributed by atoms with Gasteiger partial charge in [0.25, 0.3) is 5.56 Å². The number of methoxy groups -OCH3 is 1. The standard InChI is InChI=1S/C24H22FN5O3/c1-3-4-20-27-21(33-28-20)13-29-14-26-22-18-11-17(32-2)9-10-19(18)30(23(22)24(29)31)12-15-5-7-16(25)8-6-15/h5-11,14H,3-4,12-13H2,1-2H3. The average Bonchev–Trinajstić information content (AvgIpc) is 3.39. The van der Waals surface area contributed by atoms with Crippen LogP contribution in [0.4, 0.5) is 4.39 Å². The maximum atomic E-state index is 13.6. The van der Waals surface area contributed by atoms with Crippen molar-refractivity contribution >= 4 is 21.9 Å². The lowest BCUT2D eigenvalue weighted by Gasteiger charge is -2.09. The zero-order valence-corrected chi connectivity index (χ0v) is 18.3. The van der Waals surface area contributed by atoms with Crippen molar-refractivity contribution in [1.82, 2.24) is 24.3 Å². The lowest BCUT2D eigenvalue weighted by atomic mass is 10.2. The van der Waals surface area contributed by atoms with E-state index in [1.54, 1.807) is 19.2 Å². The van der Waals surface area contributed by atoms with E-state index >= 15 is 0 Å². The van der Waals surface area contributed by atoms with Crippen molar-refractivity contribution in [2.75, 3.05) is 7.11 Å². The maximum absolute atomic E-state index is 13.6. The predicted molar refractivity (Wildman–Crippen MR) is 121 cm³/mol. The Morgan fingerprint density at radius 3 is 2.70 bits per heavy atom. The summed E-state index contributed by atoms with van der Waals surface area (Å²) in [4.78, 5) is 22.5. The summed E-state index contributed by atoms with van der Waals surface area (Å²) in [7, 11) is 1.59. The Morgan fingerprint density at radius 2 is 1.94 bits per heavy atom. The molecule has 2 aromatic carbocycles. The first-order chi connectivity index (χ1) is 16.1. The number of hydrogen-bond donors (Lipinski definition) is 0. The van der Waals surface area contributed by atoms with Gasteiger partial charge in [0.15, 0.2) is 5.82 Å². The summed E-state index contributed by atoms with van der Waals surface area (Å²) >= 11 is 0. The van der Waals surface area contributed by atoms with E-state index < -0.39 is 0 Å². The van der Waals surface area contributed by atoms with Crippen LogP contribution in [0.1, 0.15) is 30.6 Å². The zero-order valence-electron chi connectivity index (χ0n) is 18.3. The molecular weight excluding hydrogens is 425 g/mol. The average molecular weight is 447 g/mol. The summed E-state index contributed by atoms with van der Waals surface area (Å²) in [5, 5.41) is 4.76. The second kappa shape index (κ2) is 8.50. The molecule has 0 saturated carbocycles. The van der Waals surface area contributed by atoms with Gasteiger partial charge in [0.2, 0.25) is 5.89 Å². The number of rotatable bonds is 7. The summed E-state index contributed by atoms with van der Waals surface area (Å²) in [5.74, 6) is 1.33. The fourth-order valence-corrected chi connectivity index (χ4v) is 3.98. The van der Waals surface area contributed by atoms with Crippen molar-refractivity contribution in [2.24, 2.45) is 0 Å². The molecular formula is C24H22FN5O3. The fourth-order valence-electron chi connectivity index (χ4n) is 3.98. The molecule has 33 heavy (non-hydrogen) atoms. The third kappa shape index (κ3) is 3.86. The van der Waals surface area contributed by atoms with Crippen LogP contribution >= 0.6 is 0 Å². The van der Waals surface area contributed by atoms with Crippen LogP contribution in [0.15, 0.2) is 58.1 Å². The quantitative estimate of drug-likeness (QED) is 0.376. The summed E-state index contributed by atoms with van der Waals surface area (Å²) < 4.78 is 27.5. The number of hydrogen-bond acceptors (Lipinski definition) is 6. The Hall–Kier alpha value is -4.01. The maximum Gasteiger partial charge on any atom is 0.278 e. The van der Waals surface area contributed by atoms with Gasteiger partial charge in [-0.1, -0.05) is 24.2 Å². The predicted octanol–water partition coefficient (Wildman–Crippen LogP) is 3.93. The van der Waals surface area contributed by atoms with Gasteiger partial charge in [-0.2, -0.15) is 4.98 Å². The van der Waals surface area contributed by atoms with Gasteiger partial charge in [0.05, 0.1) is 19.0 Å². The molecule has 8 nitrogen and oxygen atoms in total. The van der Waals surface area contributed by atoms with Crippen molar-refractivity contribution in [3.8, 4) is 5.75 Å². The van der Waals surface area contributed by atoms with Crippen LogP contribution in [0.3, 0.4) is 0 Å². The minimum absolute atomic E-state index is 0.125. The summed E-state index contributed by atoms with van der Waals surface area (Å²) in [6.45, 7) is 2.54. The Kier molecular flexibility index (Phi) is 5.37. The lowest BCUT2D eigenvalue weighted by molar-refractivity contribution is 0.364. The molecule has 0 radical (unpaired) electrons. The normalized spacial score (nSPS) is 11.5. The summed E-state index contributed by atoms with van der Waals surface area (Å²) in [6, 6.07) is 11.8. The number of fused-ring (bicyclic) bond motifs is 3. The monoisotopic (exact) mass is 447 g/mol. The molecule has 0 spiro atoms. The van der Waals surface area contributed by atoms with Gasteiger partial charge in [-0.25, -0.2) is 9.37 Å². The van der Waals surface area contributed by atoms with Crippen LogP contribution in [-0.4, -0.2) is 31.4 Å². The molecule has 0 atom stereocenters. The Bertz CT molecular complexity index is 1500. The van der Waals surface area contributed by atoms with Gasteiger partial charge in [-0.15, -0.1) is 0 Å². The molecule has 0 aliphatic rings. The highest BCUT2D eigenvalue weighted by Crippen LogP contribution is 2.29. The molecule has 9 heteroatoms. The largest absolute Gasteiger partial charge is 0.497 e. The first-order valence-corrected chi connectivity index (χ1v) is 10.7. The number of nitrogens with zero attached hydrogens (tertiary/aromatic N) is 5. The molecule has 0 aliphatic heterocycles. The topological polar surface area (TPSA) is 88.0 Å². The molecule has 168 valence electrons. The first kappa shape index (κ1) is 20.9. The van der Waals surface area contributed by atoms with Crippen molar-refractivity contribution in [1.29, 1.82) is 0 Å². The highest BCUT2D eigenvalue weighted by atomic mass is 19.1. The van der Waals surface area contributed by atoms with Gasteiger partial charge < -0.3 is 13.8 Å². The van der Waals surface area contributed by atoms with E-state index in [1.165, 1.54) is 23.0 Å². The van der Waals surface area contributed by atoms with Crippen molar-refractivity contribution in [3.63, 3.8) is 0 Å². The SMILES string of the molecule is CCCc1noc(Cn2cnc3c4cc(OC)ccc4n(Cc4ccc(F)cc4)c3c2=O)n1. The van der Waals surface area contributed by atoms with Crippen LogP contribution in [0, 0.1) is 5.82 Å². The van der Waals surface area contributed by atoms with Crippen LogP contribution in [0.5, 0.6) is 5.75 Å². The highest BCUT2D eigenvalue weighted by molar-refractivity contribution is 6.06. The van der Waals surface area contributed by atoms with E-state index in [0.29, 0.717) is 41.5 Å². The van der Waals surface area contributed by atoms with E-state index in [1.807, 2.05) is 29.7 Å². The van der Waals surface area contributed by atoms with E-state index in [-0.39, 0.29) is 17.9 Å². The molecule has 0 N–H and O–H groups in total. The molecule has 0 amide bonds. The van der Waals surface area contributed by atoms with Crippen LogP contribution < -0.4 is 10.3 Å². The molecule has 0 aliphatic carbocycles. The van der Waals surface area contributed by atoms with Crippen molar-refractivity contribution < 1.29 is 13.7 Å². The van der Waals surface area contributed by atoms with Crippen molar-refractivity contribution in [3.05, 3.63) is 82.2 Å². The number of benzene rings is 2. The Balaban J connectivity index is 1.66. The molecule has 0 fully saturated rings. The zero-order chi connectivity index (χ0) is 22.9. The Morgan fingerprint density at radius 1 is 1.12 bits per heavy atom. The second-order valence-electron chi connectivity index (χ2n) is 7.82. The van der Waals surface area contributed by atoms with Gasteiger partial charge in [0, 0.05) is 18.4 Å². The molecule has 5 aromatic rings. The summed E-state index contributed by atoms with van der Waals surface area (Å²) in [5.41, 5.74) is 2.48. The van der Waals surface area contributed by atoms with Gasteiger partial charge in [-0.05, 0) is 42.3 Å². The van der Waals surface area contributed by atoms with E-state index in [9.17, 15) is 9.18 Å². The van der Waals surface area contributed by atoms with Crippen molar-refractivity contribution in [2.45, 2.75) is 32.9 Å². The minimum Gasteiger partial charge on any atom is -0.497 e. The van der Waals surface area contributed by atoms with Crippen LogP contribution in [-0.2, 0) is 19.5 Å². The molecule has 0 unspecified atom stereocenters. The minimum atomic E-state index is -0.309. The van der Waals surface area contributed by atoms with Crippen LogP contribution in [0.25, 0.3) is 21.9 Å². The Labute approximate surface area is 188 Å². The number of aryl methyl sites for hydroxylation is 1. The first-order valence-electron chi connectivity index (χ1n) is 10.7. The fraction of sp³-hybridized carbons (Fsp3) is 0.250. The van der Waals surface area contributed by atoms with Gasteiger partial charge >= 0.3 is 0 Å². The number of aromatic nitrogens is 5. The van der Waals surface area contributed by atoms with Gasteiger partial charge in [-0.3, -0.25) is 9.36 Å². The molecule has 3 aromatic heterocycles. The van der Waals surface area contributed by atoms with E-state index in [2.05, 4.69) is 15.1 Å². The van der Waals surface area contributed by atoms with E-state index in [4.69, 9.17) is 9.26 Å². The summed E-state index contributed by atoms with van der Waals surface area (Å²) in [6.07, 6.45) is 3.11. The molecule has 5 rings (SSSR count). The van der Waals surface area contributed by atoms with Crippen LogP contribution in [0.2, 0.25) is 0 Å². The molecule has 3 heterocycles. The molecule has 0 bridgehead atoms. The second-order valence-corrected chi connectivity index (χ2v) is 7.82. The molecule has 0 saturated heterocycles. The highest BCUT2D eigenvalue weighted by Gasteiger charge is 2.18. The third-order valence-electron chi connectivity index (χ3n) is 5.58.